The van der Waals surface area contributed by atoms with Crippen molar-refractivity contribution in [1.82, 2.24) is 4.98 Å². The van der Waals surface area contributed by atoms with Crippen LogP contribution >= 0.6 is 0 Å². The van der Waals surface area contributed by atoms with Gasteiger partial charge in [-0.05, 0) is 31.1 Å². The lowest BCUT2D eigenvalue weighted by molar-refractivity contribution is 0.142. The lowest BCUT2D eigenvalue weighted by atomic mass is 9.64. The molecular weight excluding hydrogens is 176 g/mol. The maximum absolute atomic E-state index is 5.51. The van der Waals surface area contributed by atoms with Gasteiger partial charge in [-0.15, -0.1) is 0 Å². The molecule has 0 spiro atoms. The Bertz CT molecular complexity index is 326. The molecule has 1 unspecified atom stereocenters. The van der Waals surface area contributed by atoms with Gasteiger partial charge < -0.3 is 10.2 Å². The zero-order valence-corrected chi connectivity index (χ0v) is 8.28. The van der Waals surface area contributed by atoms with Crippen molar-refractivity contribution in [3.8, 4) is 0 Å². The molecule has 3 heteroatoms. The van der Waals surface area contributed by atoms with Crippen LogP contribution < -0.4 is 5.73 Å². The molecule has 3 saturated carbocycles. The second-order valence-electron chi connectivity index (χ2n) is 4.73. The van der Waals surface area contributed by atoms with Gasteiger partial charge in [-0.3, -0.25) is 0 Å². The summed E-state index contributed by atoms with van der Waals surface area (Å²) in [5.74, 6) is 2.40. The van der Waals surface area contributed by atoms with Crippen LogP contribution in [0.15, 0.2) is 10.7 Å². The van der Waals surface area contributed by atoms with Crippen LogP contribution in [0.5, 0.6) is 0 Å². The quantitative estimate of drug-likeness (QED) is 0.744. The highest BCUT2D eigenvalue weighted by Crippen LogP contribution is 2.49. The molecular formula is C11H16N2O. The summed E-state index contributed by atoms with van der Waals surface area (Å²) >= 11 is 0. The Kier molecular flexibility index (Phi) is 1.79. The number of hydrogen-bond donors (Lipinski definition) is 1. The first-order valence-corrected chi connectivity index (χ1v) is 5.54. The number of fused-ring (bicyclic) bond motifs is 3. The van der Waals surface area contributed by atoms with Gasteiger partial charge in [0.15, 0.2) is 0 Å². The monoisotopic (exact) mass is 192 g/mol. The fourth-order valence-corrected chi connectivity index (χ4v) is 3.21. The van der Waals surface area contributed by atoms with Crippen molar-refractivity contribution in [2.75, 3.05) is 5.73 Å². The number of rotatable bonds is 1. The highest BCUT2D eigenvalue weighted by Gasteiger charge is 2.37. The molecule has 2 bridgehead atoms. The summed E-state index contributed by atoms with van der Waals surface area (Å²) in [6.07, 6.45) is 8.66. The molecule has 1 aromatic heterocycles. The lowest BCUT2D eigenvalue weighted by Gasteiger charge is -2.41. The van der Waals surface area contributed by atoms with E-state index in [-0.39, 0.29) is 0 Å². The Hall–Kier alpha value is -0.990. The van der Waals surface area contributed by atoms with E-state index in [2.05, 4.69) is 4.98 Å². The number of nitrogens with zero attached hydrogens (tertiary/aromatic N) is 1. The highest BCUT2D eigenvalue weighted by molar-refractivity contribution is 5.17. The summed E-state index contributed by atoms with van der Waals surface area (Å²) in [6, 6.07) is 0.321. The number of nitrogen functional groups attached to an aromatic ring is 1. The van der Waals surface area contributed by atoms with Gasteiger partial charge in [0.05, 0.1) is 5.69 Å². The van der Waals surface area contributed by atoms with Crippen molar-refractivity contribution in [2.45, 2.75) is 38.0 Å². The molecule has 2 N–H and O–H groups in total. The second kappa shape index (κ2) is 3.01. The molecule has 14 heavy (non-hydrogen) atoms. The van der Waals surface area contributed by atoms with Gasteiger partial charge in [0.2, 0.25) is 0 Å². The third-order valence-corrected chi connectivity index (χ3v) is 3.97. The van der Waals surface area contributed by atoms with Gasteiger partial charge in [-0.1, -0.05) is 12.8 Å². The summed E-state index contributed by atoms with van der Waals surface area (Å²) in [5, 5.41) is 0. The molecule has 0 aromatic carbocycles. The van der Waals surface area contributed by atoms with E-state index >= 15 is 0 Å². The fourth-order valence-electron chi connectivity index (χ4n) is 3.21. The van der Waals surface area contributed by atoms with E-state index in [1.165, 1.54) is 32.1 Å². The average Bonchev–Trinajstić information content (AvgIpc) is 2.66. The molecule has 0 radical (unpaired) electrons. The Balaban J connectivity index is 1.85. The molecule has 76 valence electrons. The van der Waals surface area contributed by atoms with Crippen LogP contribution in [0.4, 0.5) is 6.01 Å². The van der Waals surface area contributed by atoms with Crippen molar-refractivity contribution in [2.24, 2.45) is 11.8 Å². The van der Waals surface area contributed by atoms with Crippen LogP contribution in [-0.2, 0) is 0 Å². The van der Waals surface area contributed by atoms with E-state index in [0.29, 0.717) is 11.9 Å². The number of aromatic nitrogens is 1. The van der Waals surface area contributed by atoms with Crippen LogP contribution in [0.25, 0.3) is 0 Å². The van der Waals surface area contributed by atoms with Crippen molar-refractivity contribution < 1.29 is 4.42 Å². The Morgan fingerprint density at radius 1 is 1.29 bits per heavy atom. The number of oxazole rings is 1. The highest BCUT2D eigenvalue weighted by atomic mass is 16.4. The first-order chi connectivity index (χ1) is 6.83. The minimum absolute atomic E-state index is 0.321. The van der Waals surface area contributed by atoms with Gasteiger partial charge in [0.1, 0.15) is 6.26 Å². The minimum atomic E-state index is 0.321. The van der Waals surface area contributed by atoms with Crippen molar-refractivity contribution >= 4 is 6.01 Å². The molecule has 0 aliphatic heterocycles. The zero-order valence-electron chi connectivity index (χ0n) is 8.28. The molecule has 3 aliphatic carbocycles. The zero-order chi connectivity index (χ0) is 9.54. The summed E-state index contributed by atoms with van der Waals surface area (Å²) in [7, 11) is 0. The first kappa shape index (κ1) is 8.33. The maximum atomic E-state index is 5.51. The Morgan fingerprint density at radius 3 is 2.57 bits per heavy atom. The van der Waals surface area contributed by atoms with Gasteiger partial charge in [0.25, 0.3) is 6.01 Å². The van der Waals surface area contributed by atoms with Crippen LogP contribution in [-0.4, -0.2) is 4.98 Å². The number of anilines is 1. The van der Waals surface area contributed by atoms with Gasteiger partial charge in [-0.25, -0.2) is 0 Å². The van der Waals surface area contributed by atoms with E-state index < -0.39 is 0 Å². The van der Waals surface area contributed by atoms with Gasteiger partial charge in [-0.2, -0.15) is 4.98 Å². The van der Waals surface area contributed by atoms with E-state index in [9.17, 15) is 0 Å². The molecule has 0 saturated heterocycles. The third-order valence-electron chi connectivity index (χ3n) is 3.97. The van der Waals surface area contributed by atoms with E-state index in [0.717, 1.165) is 17.5 Å². The van der Waals surface area contributed by atoms with E-state index in [1.807, 2.05) is 0 Å². The van der Waals surface area contributed by atoms with Crippen LogP contribution in [0.2, 0.25) is 0 Å². The standard InChI is InChI=1S/C11H16N2O/c12-11-13-10(6-14-11)9-5-7-1-3-8(9)4-2-7/h6-9H,1-5H2,(H2,12,13). The average molecular weight is 192 g/mol. The Morgan fingerprint density at radius 2 is 2.07 bits per heavy atom. The summed E-state index contributed by atoms with van der Waals surface area (Å²) in [5.41, 5.74) is 6.60. The molecule has 3 nitrogen and oxygen atoms in total. The van der Waals surface area contributed by atoms with Crippen LogP contribution in [0.3, 0.4) is 0 Å². The van der Waals surface area contributed by atoms with Crippen molar-refractivity contribution in [1.29, 1.82) is 0 Å². The number of hydrogen-bond acceptors (Lipinski definition) is 3. The van der Waals surface area contributed by atoms with Gasteiger partial charge in [0, 0.05) is 5.92 Å². The first-order valence-electron chi connectivity index (χ1n) is 5.54. The predicted octanol–water partition coefficient (Wildman–Crippen LogP) is 2.55. The minimum Gasteiger partial charge on any atom is -0.432 e. The lowest BCUT2D eigenvalue weighted by Crippen LogP contribution is -2.29. The molecule has 4 rings (SSSR count). The smallest absolute Gasteiger partial charge is 0.292 e. The molecule has 1 atom stereocenters. The largest absolute Gasteiger partial charge is 0.432 e. The second-order valence-corrected chi connectivity index (χ2v) is 4.73. The molecule has 1 heterocycles. The Labute approximate surface area is 83.7 Å². The van der Waals surface area contributed by atoms with Crippen molar-refractivity contribution in [3.63, 3.8) is 0 Å². The topological polar surface area (TPSA) is 52.0 Å². The van der Waals surface area contributed by atoms with Crippen LogP contribution in [0.1, 0.15) is 43.7 Å². The molecule has 3 aliphatic rings. The van der Waals surface area contributed by atoms with Crippen molar-refractivity contribution in [3.05, 3.63) is 12.0 Å². The summed E-state index contributed by atoms with van der Waals surface area (Å²) in [6.45, 7) is 0. The summed E-state index contributed by atoms with van der Waals surface area (Å²) in [4.78, 5) is 4.26. The molecule has 3 fully saturated rings. The number of nitrogens with two attached hydrogens (primary N) is 1. The van der Waals surface area contributed by atoms with Crippen LogP contribution in [0, 0.1) is 11.8 Å². The SMILES string of the molecule is Nc1nc(C2CC3CCC2CC3)co1. The van der Waals surface area contributed by atoms with Gasteiger partial charge >= 0.3 is 0 Å². The predicted molar refractivity (Wildman–Crippen MR) is 53.7 cm³/mol. The normalized spacial score (nSPS) is 36.1. The summed E-state index contributed by atoms with van der Waals surface area (Å²) < 4.78 is 5.09. The van der Waals surface area contributed by atoms with E-state index in [1.54, 1.807) is 6.26 Å². The fraction of sp³-hybridized carbons (Fsp3) is 0.727. The molecule has 1 aromatic rings. The van der Waals surface area contributed by atoms with E-state index in [4.69, 9.17) is 10.2 Å². The maximum Gasteiger partial charge on any atom is 0.292 e. The molecule has 0 amide bonds. The third kappa shape index (κ3) is 1.22.